The van der Waals surface area contributed by atoms with Gasteiger partial charge in [-0.2, -0.15) is 0 Å². The lowest BCUT2D eigenvalue weighted by molar-refractivity contribution is -0.134. The SMILES string of the molecule is O=C(NCC1CC(O)C1)C1CNCCO1. The average Bonchev–Trinajstić information content (AvgIpc) is 2.23. The molecule has 1 atom stereocenters. The van der Waals surface area contributed by atoms with E-state index < -0.39 is 0 Å². The van der Waals surface area contributed by atoms with Crippen LogP contribution in [0.1, 0.15) is 12.8 Å². The monoisotopic (exact) mass is 214 g/mol. The Bertz CT molecular complexity index is 223. The molecule has 0 aromatic carbocycles. The average molecular weight is 214 g/mol. The number of carbonyl (C=O) groups is 1. The summed E-state index contributed by atoms with van der Waals surface area (Å²) >= 11 is 0. The third-order valence-electron chi connectivity index (χ3n) is 3.00. The molecule has 1 aliphatic heterocycles. The van der Waals surface area contributed by atoms with Crippen molar-refractivity contribution in [2.24, 2.45) is 5.92 Å². The maximum atomic E-state index is 11.6. The van der Waals surface area contributed by atoms with Crippen molar-refractivity contribution < 1.29 is 14.6 Å². The fraction of sp³-hybridized carbons (Fsp3) is 0.900. The fourth-order valence-corrected chi connectivity index (χ4v) is 1.96. The summed E-state index contributed by atoms with van der Waals surface area (Å²) in [5.74, 6) is 0.407. The number of hydrogen-bond donors (Lipinski definition) is 3. The van der Waals surface area contributed by atoms with Gasteiger partial charge in [-0.3, -0.25) is 4.79 Å². The lowest BCUT2D eigenvalue weighted by Crippen LogP contribution is -2.49. The van der Waals surface area contributed by atoms with Crippen molar-refractivity contribution in [2.75, 3.05) is 26.2 Å². The molecule has 2 aliphatic rings. The zero-order chi connectivity index (χ0) is 10.7. The summed E-state index contributed by atoms with van der Waals surface area (Å²) in [6, 6.07) is 0. The number of amides is 1. The minimum absolute atomic E-state index is 0.0383. The molecule has 5 heteroatoms. The van der Waals surface area contributed by atoms with E-state index in [-0.39, 0.29) is 18.1 Å². The van der Waals surface area contributed by atoms with Gasteiger partial charge in [-0.25, -0.2) is 0 Å². The Morgan fingerprint density at radius 3 is 2.93 bits per heavy atom. The summed E-state index contributed by atoms with van der Waals surface area (Å²) < 4.78 is 5.32. The summed E-state index contributed by atoms with van der Waals surface area (Å²) in [6.45, 7) is 2.67. The van der Waals surface area contributed by atoms with Gasteiger partial charge >= 0.3 is 0 Å². The summed E-state index contributed by atoms with van der Waals surface area (Å²) in [7, 11) is 0. The van der Waals surface area contributed by atoms with E-state index in [1.807, 2.05) is 0 Å². The smallest absolute Gasteiger partial charge is 0.250 e. The summed E-state index contributed by atoms with van der Waals surface area (Å²) in [4.78, 5) is 11.6. The maximum absolute atomic E-state index is 11.6. The van der Waals surface area contributed by atoms with E-state index in [4.69, 9.17) is 9.84 Å². The first kappa shape index (κ1) is 10.9. The van der Waals surface area contributed by atoms with Gasteiger partial charge in [-0.1, -0.05) is 0 Å². The van der Waals surface area contributed by atoms with Crippen LogP contribution in [0, 0.1) is 5.92 Å². The van der Waals surface area contributed by atoms with Crippen LogP contribution in [0.3, 0.4) is 0 Å². The van der Waals surface area contributed by atoms with Gasteiger partial charge in [0.25, 0.3) is 0 Å². The van der Waals surface area contributed by atoms with Gasteiger partial charge in [-0.05, 0) is 18.8 Å². The number of aliphatic hydroxyl groups is 1. The lowest BCUT2D eigenvalue weighted by Gasteiger charge is -2.32. The maximum Gasteiger partial charge on any atom is 0.250 e. The molecule has 0 radical (unpaired) electrons. The molecule has 86 valence electrons. The quantitative estimate of drug-likeness (QED) is 0.555. The first-order chi connectivity index (χ1) is 7.25. The molecule has 1 saturated heterocycles. The van der Waals surface area contributed by atoms with E-state index in [0.717, 1.165) is 19.4 Å². The van der Waals surface area contributed by atoms with Crippen LogP contribution in [-0.2, 0) is 9.53 Å². The molecule has 0 spiro atoms. The summed E-state index contributed by atoms with van der Waals surface area (Å²) in [5.41, 5.74) is 0. The van der Waals surface area contributed by atoms with Crippen molar-refractivity contribution in [3.05, 3.63) is 0 Å². The normalized spacial score (nSPS) is 35.7. The molecule has 0 aromatic rings. The Morgan fingerprint density at radius 1 is 1.53 bits per heavy atom. The highest BCUT2D eigenvalue weighted by Crippen LogP contribution is 2.26. The fourth-order valence-electron chi connectivity index (χ4n) is 1.96. The minimum atomic E-state index is -0.344. The molecule has 5 nitrogen and oxygen atoms in total. The Labute approximate surface area is 89.2 Å². The first-order valence-corrected chi connectivity index (χ1v) is 5.54. The first-order valence-electron chi connectivity index (χ1n) is 5.54. The zero-order valence-corrected chi connectivity index (χ0v) is 8.74. The van der Waals surface area contributed by atoms with Gasteiger partial charge in [0.2, 0.25) is 5.91 Å². The second-order valence-corrected chi connectivity index (χ2v) is 4.30. The largest absolute Gasteiger partial charge is 0.393 e. The molecule has 1 amide bonds. The van der Waals surface area contributed by atoms with Crippen LogP contribution >= 0.6 is 0 Å². The lowest BCUT2D eigenvalue weighted by atomic mass is 9.82. The molecule has 0 bridgehead atoms. The van der Waals surface area contributed by atoms with Crippen LogP contribution in [0.25, 0.3) is 0 Å². The van der Waals surface area contributed by atoms with E-state index in [1.165, 1.54) is 0 Å². The molecule has 15 heavy (non-hydrogen) atoms. The third kappa shape index (κ3) is 2.90. The number of aliphatic hydroxyl groups excluding tert-OH is 1. The van der Waals surface area contributed by atoms with Gasteiger partial charge in [-0.15, -0.1) is 0 Å². The molecule has 2 rings (SSSR count). The number of rotatable bonds is 3. The second-order valence-electron chi connectivity index (χ2n) is 4.30. The van der Waals surface area contributed by atoms with Crippen molar-refractivity contribution in [3.63, 3.8) is 0 Å². The Morgan fingerprint density at radius 2 is 2.33 bits per heavy atom. The van der Waals surface area contributed by atoms with Gasteiger partial charge in [0.1, 0.15) is 6.10 Å². The van der Waals surface area contributed by atoms with Gasteiger partial charge in [0.05, 0.1) is 12.7 Å². The third-order valence-corrected chi connectivity index (χ3v) is 3.00. The summed E-state index contributed by atoms with van der Waals surface area (Å²) in [5, 5.41) is 15.1. The van der Waals surface area contributed by atoms with Crippen LogP contribution < -0.4 is 10.6 Å². The molecule has 1 unspecified atom stereocenters. The van der Waals surface area contributed by atoms with E-state index in [0.29, 0.717) is 25.6 Å². The van der Waals surface area contributed by atoms with Gasteiger partial charge in [0.15, 0.2) is 0 Å². The van der Waals surface area contributed by atoms with Crippen LogP contribution in [0.15, 0.2) is 0 Å². The van der Waals surface area contributed by atoms with E-state index in [9.17, 15) is 4.79 Å². The molecule has 1 aliphatic carbocycles. The predicted octanol–water partition coefficient (Wildman–Crippen LogP) is -1.14. The zero-order valence-electron chi connectivity index (χ0n) is 8.74. The van der Waals surface area contributed by atoms with Gasteiger partial charge < -0.3 is 20.5 Å². The molecular weight excluding hydrogens is 196 g/mol. The molecule has 1 heterocycles. The van der Waals surface area contributed by atoms with E-state index in [2.05, 4.69) is 10.6 Å². The number of hydrogen-bond acceptors (Lipinski definition) is 4. The minimum Gasteiger partial charge on any atom is -0.393 e. The van der Waals surface area contributed by atoms with Gasteiger partial charge in [0, 0.05) is 19.6 Å². The molecule has 1 saturated carbocycles. The van der Waals surface area contributed by atoms with Crippen LogP contribution in [0.5, 0.6) is 0 Å². The van der Waals surface area contributed by atoms with Crippen molar-refractivity contribution in [1.82, 2.24) is 10.6 Å². The van der Waals surface area contributed by atoms with Crippen LogP contribution in [-0.4, -0.2) is 49.5 Å². The van der Waals surface area contributed by atoms with Crippen molar-refractivity contribution in [2.45, 2.75) is 25.0 Å². The number of nitrogens with one attached hydrogen (secondary N) is 2. The highest BCUT2D eigenvalue weighted by molar-refractivity contribution is 5.81. The molecule has 2 fully saturated rings. The van der Waals surface area contributed by atoms with Crippen molar-refractivity contribution in [1.29, 1.82) is 0 Å². The Kier molecular flexibility index (Phi) is 3.56. The Hall–Kier alpha value is -0.650. The molecule has 0 aromatic heterocycles. The van der Waals surface area contributed by atoms with E-state index in [1.54, 1.807) is 0 Å². The standard InChI is InChI=1S/C10H18N2O3/c13-8-3-7(4-8)5-12-10(14)9-6-11-1-2-15-9/h7-9,11,13H,1-6H2,(H,12,14). The highest BCUT2D eigenvalue weighted by Gasteiger charge is 2.28. The van der Waals surface area contributed by atoms with Crippen molar-refractivity contribution in [3.8, 4) is 0 Å². The molecule has 3 N–H and O–H groups in total. The summed E-state index contributed by atoms with van der Waals surface area (Å²) in [6.07, 6.45) is 1.12. The number of carbonyl (C=O) groups excluding carboxylic acids is 1. The van der Waals surface area contributed by atoms with Crippen molar-refractivity contribution >= 4 is 5.91 Å². The van der Waals surface area contributed by atoms with Crippen LogP contribution in [0.2, 0.25) is 0 Å². The Balaban J connectivity index is 1.63. The van der Waals surface area contributed by atoms with Crippen LogP contribution in [0.4, 0.5) is 0 Å². The number of morpholine rings is 1. The molecular formula is C10H18N2O3. The number of ether oxygens (including phenoxy) is 1. The topological polar surface area (TPSA) is 70.6 Å². The predicted molar refractivity (Wildman–Crippen MR) is 54.4 cm³/mol. The highest BCUT2D eigenvalue weighted by atomic mass is 16.5. The second kappa shape index (κ2) is 4.92. The van der Waals surface area contributed by atoms with E-state index >= 15 is 0 Å².